The molecule has 2 aliphatic rings. The summed E-state index contributed by atoms with van der Waals surface area (Å²) in [6.45, 7) is 8.93. The minimum Gasteiger partial charge on any atom is -0.357 e. The van der Waals surface area contributed by atoms with Crippen molar-refractivity contribution in [2.24, 2.45) is 12.0 Å². The van der Waals surface area contributed by atoms with Crippen molar-refractivity contribution < 1.29 is 0 Å². The van der Waals surface area contributed by atoms with E-state index in [0.717, 1.165) is 24.7 Å². The fourth-order valence-corrected chi connectivity index (χ4v) is 5.16. The van der Waals surface area contributed by atoms with Crippen LogP contribution in [0.4, 0.5) is 0 Å². The lowest BCUT2D eigenvalue weighted by molar-refractivity contribution is 0.114. The van der Waals surface area contributed by atoms with Crippen molar-refractivity contribution in [1.29, 1.82) is 0 Å². The lowest BCUT2D eigenvalue weighted by atomic mass is 9.96. The molecule has 2 unspecified atom stereocenters. The molecular formula is C24H37IN6. The summed E-state index contributed by atoms with van der Waals surface area (Å²) in [5, 5.41) is 11.7. The molecule has 0 aliphatic carbocycles. The molecule has 2 bridgehead atoms. The molecule has 1 aromatic carbocycles. The van der Waals surface area contributed by atoms with E-state index in [1.54, 1.807) is 0 Å². The maximum absolute atomic E-state index is 4.90. The lowest BCUT2D eigenvalue weighted by Crippen LogP contribution is -2.52. The van der Waals surface area contributed by atoms with Crippen LogP contribution in [0.1, 0.15) is 55.1 Å². The molecule has 0 amide bonds. The van der Waals surface area contributed by atoms with E-state index >= 15 is 0 Å². The zero-order valence-corrected chi connectivity index (χ0v) is 21.6. The Morgan fingerprint density at radius 1 is 1.13 bits per heavy atom. The largest absolute Gasteiger partial charge is 0.357 e. The fraction of sp³-hybridized carbons (Fsp3) is 0.583. The van der Waals surface area contributed by atoms with Crippen LogP contribution in [-0.4, -0.2) is 45.3 Å². The standard InChI is InChI=1S/C24H36N6.HI/c1-5-25-24(26-15-23-17(2)28-29(4)18(23)3)27-20-13-21-11-12-22(14-20)30(21)16-19-9-7-6-8-10-19;/h6-10,20-22H,5,11-16H2,1-4H3,(H2,25,26,27);1H. The van der Waals surface area contributed by atoms with E-state index in [1.165, 1.54) is 42.5 Å². The van der Waals surface area contributed by atoms with Gasteiger partial charge in [-0.05, 0) is 52.0 Å². The van der Waals surface area contributed by atoms with Crippen molar-refractivity contribution in [3.63, 3.8) is 0 Å². The third-order valence-corrected chi connectivity index (χ3v) is 6.83. The van der Waals surface area contributed by atoms with Gasteiger partial charge in [-0.3, -0.25) is 9.58 Å². The summed E-state index contributed by atoms with van der Waals surface area (Å²) in [7, 11) is 2.00. The summed E-state index contributed by atoms with van der Waals surface area (Å²) >= 11 is 0. The Morgan fingerprint density at radius 3 is 2.39 bits per heavy atom. The monoisotopic (exact) mass is 536 g/mol. The number of piperidine rings is 1. The number of hydrogen-bond donors (Lipinski definition) is 2. The molecule has 2 N–H and O–H groups in total. The molecule has 1 aromatic heterocycles. The topological polar surface area (TPSA) is 57.5 Å². The van der Waals surface area contributed by atoms with E-state index in [9.17, 15) is 0 Å². The first kappa shape index (κ1) is 24.0. The molecule has 0 radical (unpaired) electrons. The number of guanidine groups is 1. The average molecular weight is 537 g/mol. The van der Waals surface area contributed by atoms with Crippen molar-refractivity contribution in [1.82, 2.24) is 25.3 Å². The molecule has 31 heavy (non-hydrogen) atoms. The molecule has 2 fully saturated rings. The van der Waals surface area contributed by atoms with E-state index < -0.39 is 0 Å². The maximum Gasteiger partial charge on any atom is 0.191 e. The summed E-state index contributed by atoms with van der Waals surface area (Å²) in [4.78, 5) is 7.63. The number of nitrogens with zero attached hydrogens (tertiary/aromatic N) is 4. The van der Waals surface area contributed by atoms with Crippen LogP contribution in [0.25, 0.3) is 0 Å². The van der Waals surface area contributed by atoms with E-state index in [2.05, 4.69) is 71.7 Å². The minimum atomic E-state index is 0. The molecule has 0 saturated carbocycles. The maximum atomic E-state index is 4.90. The lowest BCUT2D eigenvalue weighted by Gasteiger charge is -2.39. The number of aryl methyl sites for hydroxylation is 2. The third kappa shape index (κ3) is 5.61. The highest BCUT2D eigenvalue weighted by atomic mass is 127. The number of hydrogen-bond acceptors (Lipinski definition) is 3. The second-order valence-electron chi connectivity index (χ2n) is 8.82. The molecule has 2 aromatic rings. The van der Waals surface area contributed by atoms with Crippen LogP contribution in [0.3, 0.4) is 0 Å². The Morgan fingerprint density at radius 2 is 1.81 bits per heavy atom. The van der Waals surface area contributed by atoms with Gasteiger partial charge in [-0.25, -0.2) is 4.99 Å². The number of benzene rings is 1. The summed E-state index contributed by atoms with van der Waals surface area (Å²) in [5.41, 5.74) is 4.92. The molecular weight excluding hydrogens is 499 g/mol. The van der Waals surface area contributed by atoms with Gasteiger partial charge in [-0.1, -0.05) is 30.3 Å². The van der Waals surface area contributed by atoms with Gasteiger partial charge in [-0.15, -0.1) is 24.0 Å². The molecule has 6 nitrogen and oxygen atoms in total. The summed E-state index contributed by atoms with van der Waals surface area (Å²) in [5.74, 6) is 0.932. The van der Waals surface area contributed by atoms with Crippen LogP contribution in [0.5, 0.6) is 0 Å². The summed E-state index contributed by atoms with van der Waals surface area (Å²) in [6.07, 6.45) is 5.02. The van der Waals surface area contributed by atoms with E-state index in [-0.39, 0.29) is 24.0 Å². The number of nitrogens with one attached hydrogen (secondary N) is 2. The number of aromatic nitrogens is 2. The Balaban J connectivity index is 0.00000272. The van der Waals surface area contributed by atoms with Gasteiger partial charge in [0, 0.05) is 49.5 Å². The summed E-state index contributed by atoms with van der Waals surface area (Å²) in [6, 6.07) is 12.7. The minimum absolute atomic E-state index is 0. The van der Waals surface area contributed by atoms with Gasteiger partial charge in [0.15, 0.2) is 5.96 Å². The van der Waals surface area contributed by atoms with Crippen molar-refractivity contribution in [3.8, 4) is 0 Å². The van der Waals surface area contributed by atoms with Crippen LogP contribution in [0.15, 0.2) is 35.3 Å². The van der Waals surface area contributed by atoms with Crippen LogP contribution in [-0.2, 0) is 20.1 Å². The van der Waals surface area contributed by atoms with Crippen molar-refractivity contribution in [3.05, 3.63) is 52.8 Å². The molecule has 4 rings (SSSR count). The van der Waals surface area contributed by atoms with Gasteiger partial charge in [0.1, 0.15) is 0 Å². The quantitative estimate of drug-likeness (QED) is 0.334. The highest BCUT2D eigenvalue weighted by molar-refractivity contribution is 14.0. The fourth-order valence-electron chi connectivity index (χ4n) is 5.16. The zero-order valence-electron chi connectivity index (χ0n) is 19.3. The first-order valence-corrected chi connectivity index (χ1v) is 11.4. The van der Waals surface area contributed by atoms with Gasteiger partial charge >= 0.3 is 0 Å². The van der Waals surface area contributed by atoms with Gasteiger partial charge in [-0.2, -0.15) is 5.10 Å². The average Bonchev–Trinajstić information content (AvgIpc) is 3.11. The van der Waals surface area contributed by atoms with Crippen molar-refractivity contribution >= 4 is 29.9 Å². The summed E-state index contributed by atoms with van der Waals surface area (Å²) < 4.78 is 1.95. The number of aliphatic imine (C=N–C) groups is 1. The van der Waals surface area contributed by atoms with Gasteiger partial charge in [0.25, 0.3) is 0 Å². The second kappa shape index (κ2) is 10.8. The number of halogens is 1. The van der Waals surface area contributed by atoms with Gasteiger partial charge < -0.3 is 10.6 Å². The van der Waals surface area contributed by atoms with E-state index in [4.69, 9.17) is 4.99 Å². The van der Waals surface area contributed by atoms with Gasteiger partial charge in [0.05, 0.1) is 12.2 Å². The van der Waals surface area contributed by atoms with E-state index in [0.29, 0.717) is 24.7 Å². The Labute approximate surface area is 203 Å². The molecule has 7 heteroatoms. The predicted molar refractivity (Wildman–Crippen MR) is 138 cm³/mol. The third-order valence-electron chi connectivity index (χ3n) is 6.83. The van der Waals surface area contributed by atoms with Gasteiger partial charge in [0.2, 0.25) is 0 Å². The molecule has 0 spiro atoms. The molecule has 3 heterocycles. The second-order valence-corrected chi connectivity index (χ2v) is 8.82. The molecule has 170 valence electrons. The number of fused-ring (bicyclic) bond motifs is 2. The Hall–Kier alpha value is -1.61. The van der Waals surface area contributed by atoms with Crippen LogP contribution < -0.4 is 10.6 Å². The first-order chi connectivity index (χ1) is 14.5. The van der Waals surface area contributed by atoms with Crippen LogP contribution in [0.2, 0.25) is 0 Å². The Bertz CT molecular complexity index is 864. The number of rotatable bonds is 6. The zero-order chi connectivity index (χ0) is 21.1. The smallest absolute Gasteiger partial charge is 0.191 e. The van der Waals surface area contributed by atoms with Crippen molar-refractivity contribution in [2.45, 2.75) is 77.7 Å². The predicted octanol–water partition coefficient (Wildman–Crippen LogP) is 3.91. The van der Waals surface area contributed by atoms with Crippen molar-refractivity contribution in [2.75, 3.05) is 6.54 Å². The highest BCUT2D eigenvalue weighted by Gasteiger charge is 2.40. The SMILES string of the molecule is CCNC(=NCc1c(C)nn(C)c1C)NC1CC2CCC(C1)N2Cc1ccccc1.I. The molecule has 2 aliphatic heterocycles. The van der Waals surface area contributed by atoms with Crippen LogP contribution >= 0.6 is 24.0 Å². The van der Waals surface area contributed by atoms with Crippen LogP contribution in [0, 0.1) is 13.8 Å². The normalized spacial score (nSPS) is 23.5. The highest BCUT2D eigenvalue weighted by Crippen LogP contribution is 2.36. The first-order valence-electron chi connectivity index (χ1n) is 11.4. The molecule has 2 atom stereocenters. The molecule has 2 saturated heterocycles. The Kier molecular flexibility index (Phi) is 8.38. The van der Waals surface area contributed by atoms with E-state index in [1.807, 2.05) is 11.7 Å².